The average molecular weight is 407 g/mol. The van der Waals surface area contributed by atoms with Crippen LogP contribution >= 0.6 is 15.9 Å². The molecule has 2 aromatic carbocycles. The highest BCUT2D eigenvalue weighted by atomic mass is 79.9. The quantitative estimate of drug-likeness (QED) is 0.277. The number of hydrogen-bond donors (Lipinski definition) is 0. The van der Waals surface area contributed by atoms with Gasteiger partial charge in [0.1, 0.15) is 11.5 Å². The molecule has 3 heteroatoms. The van der Waals surface area contributed by atoms with E-state index in [-0.39, 0.29) is 0 Å². The molecule has 2 rings (SSSR count). The Morgan fingerprint density at radius 3 is 2.40 bits per heavy atom. The van der Waals surface area contributed by atoms with Gasteiger partial charge in [-0.1, -0.05) is 67.1 Å². The van der Waals surface area contributed by atoms with Crippen molar-refractivity contribution in [1.82, 2.24) is 0 Å². The standard InChI is InChI=1S/C22H31BrO2/c1-3-4-5-6-7-8-15-24-20-11-12-21-18(2)22(25-16-9-14-23)13-10-19(21)17-20/h10-13,17H,3-9,14-16H2,1-2H3. The second-order valence-electron chi connectivity index (χ2n) is 6.58. The fourth-order valence-corrected chi connectivity index (χ4v) is 3.23. The summed E-state index contributed by atoms with van der Waals surface area (Å²) in [6.07, 6.45) is 8.76. The van der Waals surface area contributed by atoms with E-state index in [1.54, 1.807) is 0 Å². The van der Waals surface area contributed by atoms with Gasteiger partial charge in [0.15, 0.2) is 0 Å². The number of alkyl halides is 1. The van der Waals surface area contributed by atoms with Crippen LogP contribution < -0.4 is 9.47 Å². The summed E-state index contributed by atoms with van der Waals surface area (Å²) in [6, 6.07) is 10.6. The van der Waals surface area contributed by atoms with Crippen LogP contribution in [0.4, 0.5) is 0 Å². The third-order valence-electron chi connectivity index (χ3n) is 4.51. The first kappa shape index (κ1) is 20.1. The minimum atomic E-state index is 0.747. The molecule has 25 heavy (non-hydrogen) atoms. The fourth-order valence-electron chi connectivity index (χ4n) is 3.00. The molecule has 0 atom stereocenters. The lowest BCUT2D eigenvalue weighted by Crippen LogP contribution is -2.00. The maximum absolute atomic E-state index is 5.93. The highest BCUT2D eigenvalue weighted by molar-refractivity contribution is 9.09. The number of halogens is 1. The van der Waals surface area contributed by atoms with Crippen molar-refractivity contribution < 1.29 is 9.47 Å². The van der Waals surface area contributed by atoms with E-state index in [0.29, 0.717) is 0 Å². The molecule has 0 aromatic heterocycles. The van der Waals surface area contributed by atoms with Gasteiger partial charge in [-0.15, -0.1) is 0 Å². The summed E-state index contributed by atoms with van der Waals surface area (Å²) in [6.45, 7) is 5.94. The van der Waals surface area contributed by atoms with Crippen molar-refractivity contribution in [1.29, 1.82) is 0 Å². The summed E-state index contributed by atoms with van der Waals surface area (Å²) in [4.78, 5) is 0. The van der Waals surface area contributed by atoms with Crippen LogP contribution in [0.5, 0.6) is 11.5 Å². The van der Waals surface area contributed by atoms with Crippen molar-refractivity contribution in [3.63, 3.8) is 0 Å². The van der Waals surface area contributed by atoms with Crippen molar-refractivity contribution >= 4 is 26.7 Å². The Labute approximate surface area is 161 Å². The van der Waals surface area contributed by atoms with Crippen LogP contribution in [0.2, 0.25) is 0 Å². The van der Waals surface area contributed by atoms with Gasteiger partial charge in [0.05, 0.1) is 13.2 Å². The van der Waals surface area contributed by atoms with Crippen molar-refractivity contribution in [3.05, 3.63) is 35.9 Å². The van der Waals surface area contributed by atoms with Crippen molar-refractivity contribution in [3.8, 4) is 11.5 Å². The molecule has 0 radical (unpaired) electrons. The van der Waals surface area contributed by atoms with E-state index in [2.05, 4.69) is 60.1 Å². The van der Waals surface area contributed by atoms with Gasteiger partial charge in [0, 0.05) is 5.33 Å². The third kappa shape index (κ3) is 6.54. The van der Waals surface area contributed by atoms with Crippen LogP contribution in [0.3, 0.4) is 0 Å². The number of unbranched alkanes of at least 4 members (excludes halogenated alkanes) is 5. The minimum Gasteiger partial charge on any atom is -0.494 e. The van der Waals surface area contributed by atoms with E-state index < -0.39 is 0 Å². The van der Waals surface area contributed by atoms with Gasteiger partial charge in [0.2, 0.25) is 0 Å². The number of hydrogen-bond acceptors (Lipinski definition) is 2. The number of rotatable bonds is 12. The SMILES string of the molecule is CCCCCCCCOc1ccc2c(C)c(OCCCBr)ccc2c1. The molecule has 138 valence electrons. The molecule has 0 fully saturated rings. The second kappa shape index (κ2) is 11.4. The maximum atomic E-state index is 5.93. The number of ether oxygens (including phenoxy) is 2. The summed E-state index contributed by atoms with van der Waals surface area (Å²) in [5.74, 6) is 1.95. The Morgan fingerprint density at radius 2 is 1.60 bits per heavy atom. The van der Waals surface area contributed by atoms with Crippen LogP contribution in [0.25, 0.3) is 10.8 Å². The van der Waals surface area contributed by atoms with Gasteiger partial charge in [-0.05, 0) is 54.3 Å². The highest BCUT2D eigenvalue weighted by Crippen LogP contribution is 2.30. The van der Waals surface area contributed by atoms with Crippen LogP contribution in [0.15, 0.2) is 30.3 Å². The van der Waals surface area contributed by atoms with Gasteiger partial charge < -0.3 is 9.47 Å². The summed E-state index contributed by atoms with van der Waals surface area (Å²) >= 11 is 3.44. The smallest absolute Gasteiger partial charge is 0.122 e. The highest BCUT2D eigenvalue weighted by Gasteiger charge is 2.06. The number of fused-ring (bicyclic) bond motifs is 1. The zero-order chi connectivity index (χ0) is 17.9. The summed E-state index contributed by atoms with van der Waals surface area (Å²) < 4.78 is 11.8. The molecule has 0 spiro atoms. The summed E-state index contributed by atoms with van der Waals surface area (Å²) in [5, 5.41) is 3.42. The lowest BCUT2D eigenvalue weighted by Gasteiger charge is -2.12. The van der Waals surface area contributed by atoms with E-state index >= 15 is 0 Å². The Morgan fingerprint density at radius 1 is 0.840 bits per heavy atom. The molecular formula is C22H31BrO2. The van der Waals surface area contributed by atoms with Crippen molar-refractivity contribution in [2.75, 3.05) is 18.5 Å². The molecule has 0 aliphatic rings. The minimum absolute atomic E-state index is 0.747. The maximum Gasteiger partial charge on any atom is 0.122 e. The number of benzene rings is 2. The van der Waals surface area contributed by atoms with Gasteiger partial charge in [-0.2, -0.15) is 0 Å². The van der Waals surface area contributed by atoms with E-state index in [1.165, 1.54) is 48.4 Å². The topological polar surface area (TPSA) is 18.5 Å². The molecule has 0 aliphatic carbocycles. The molecule has 0 unspecified atom stereocenters. The van der Waals surface area contributed by atoms with E-state index in [4.69, 9.17) is 9.47 Å². The van der Waals surface area contributed by atoms with Gasteiger partial charge in [-0.3, -0.25) is 0 Å². The molecule has 2 nitrogen and oxygen atoms in total. The number of aryl methyl sites for hydroxylation is 1. The predicted molar refractivity (Wildman–Crippen MR) is 111 cm³/mol. The van der Waals surface area contributed by atoms with Crippen LogP contribution in [0.1, 0.15) is 57.4 Å². The zero-order valence-electron chi connectivity index (χ0n) is 15.7. The Kier molecular flexibility index (Phi) is 9.17. The summed E-state index contributed by atoms with van der Waals surface area (Å²) in [5.41, 5.74) is 1.20. The average Bonchev–Trinajstić information content (AvgIpc) is 2.63. The Bertz CT molecular complexity index is 639. The molecule has 0 aliphatic heterocycles. The van der Waals surface area contributed by atoms with Crippen molar-refractivity contribution in [2.24, 2.45) is 0 Å². The monoisotopic (exact) mass is 406 g/mol. The molecule has 0 N–H and O–H groups in total. The van der Waals surface area contributed by atoms with Gasteiger partial charge in [0.25, 0.3) is 0 Å². The molecule has 0 amide bonds. The lowest BCUT2D eigenvalue weighted by atomic mass is 10.0. The molecule has 0 saturated heterocycles. The first-order chi connectivity index (χ1) is 12.3. The zero-order valence-corrected chi connectivity index (χ0v) is 17.2. The first-order valence-corrected chi connectivity index (χ1v) is 10.7. The fraction of sp³-hybridized carbons (Fsp3) is 0.545. The molecular weight excluding hydrogens is 376 g/mol. The van der Waals surface area contributed by atoms with E-state index in [0.717, 1.165) is 42.9 Å². The molecule has 0 saturated carbocycles. The largest absolute Gasteiger partial charge is 0.494 e. The molecule has 0 bridgehead atoms. The predicted octanol–water partition coefficient (Wildman–Crippen LogP) is 7.05. The first-order valence-electron chi connectivity index (χ1n) is 9.61. The van der Waals surface area contributed by atoms with Crippen LogP contribution in [-0.2, 0) is 0 Å². The third-order valence-corrected chi connectivity index (χ3v) is 5.07. The van der Waals surface area contributed by atoms with Crippen LogP contribution in [0, 0.1) is 6.92 Å². The van der Waals surface area contributed by atoms with Gasteiger partial charge in [-0.25, -0.2) is 0 Å². The molecule has 0 heterocycles. The van der Waals surface area contributed by atoms with Crippen molar-refractivity contribution in [2.45, 2.75) is 58.8 Å². The van der Waals surface area contributed by atoms with E-state index in [9.17, 15) is 0 Å². The lowest BCUT2D eigenvalue weighted by molar-refractivity contribution is 0.304. The van der Waals surface area contributed by atoms with E-state index in [1.807, 2.05) is 0 Å². The molecule has 2 aromatic rings. The Hall–Kier alpha value is -1.22. The normalized spacial score (nSPS) is 11.0. The Balaban J connectivity index is 1.88. The second-order valence-corrected chi connectivity index (χ2v) is 7.37. The van der Waals surface area contributed by atoms with Crippen LogP contribution in [-0.4, -0.2) is 18.5 Å². The summed E-state index contributed by atoms with van der Waals surface area (Å²) in [7, 11) is 0. The van der Waals surface area contributed by atoms with Gasteiger partial charge >= 0.3 is 0 Å².